The highest BCUT2D eigenvalue weighted by Gasteiger charge is 2.33. The largest absolute Gasteiger partial charge is 0.464 e. The SMILES string of the molecule is CCOC(=O)C1CCCCN1C(=O)C[C@@H](CN)CC(C)C. The number of nitrogens with two attached hydrogens (primary N) is 1. The summed E-state index contributed by atoms with van der Waals surface area (Å²) < 4.78 is 5.10. The molecule has 1 amide bonds. The molecule has 1 unspecified atom stereocenters. The highest BCUT2D eigenvalue weighted by Crippen LogP contribution is 2.22. The number of likely N-dealkylation sites (tertiary alicyclic amines) is 1. The second-order valence-electron chi connectivity index (χ2n) is 6.29. The lowest BCUT2D eigenvalue weighted by Gasteiger charge is -2.35. The van der Waals surface area contributed by atoms with Crippen LogP contribution >= 0.6 is 0 Å². The summed E-state index contributed by atoms with van der Waals surface area (Å²) in [5.74, 6) is 0.499. The summed E-state index contributed by atoms with van der Waals surface area (Å²) in [7, 11) is 0. The first-order valence-corrected chi connectivity index (χ1v) is 8.15. The van der Waals surface area contributed by atoms with Crippen molar-refractivity contribution < 1.29 is 14.3 Å². The van der Waals surface area contributed by atoms with Crippen LogP contribution in [0.1, 0.15) is 52.9 Å². The topological polar surface area (TPSA) is 72.6 Å². The quantitative estimate of drug-likeness (QED) is 0.729. The minimum atomic E-state index is -0.399. The van der Waals surface area contributed by atoms with Gasteiger partial charge in [-0.2, -0.15) is 0 Å². The Balaban J connectivity index is 2.65. The minimum absolute atomic E-state index is 0.0452. The molecule has 0 aromatic rings. The van der Waals surface area contributed by atoms with Crippen LogP contribution in [0.3, 0.4) is 0 Å². The number of amides is 1. The van der Waals surface area contributed by atoms with Crippen LogP contribution < -0.4 is 5.73 Å². The average Bonchev–Trinajstić information content (AvgIpc) is 2.46. The van der Waals surface area contributed by atoms with Gasteiger partial charge < -0.3 is 15.4 Å². The van der Waals surface area contributed by atoms with Gasteiger partial charge >= 0.3 is 5.97 Å². The molecule has 2 N–H and O–H groups in total. The van der Waals surface area contributed by atoms with E-state index >= 15 is 0 Å². The average molecular weight is 298 g/mol. The Labute approximate surface area is 128 Å². The molecule has 1 heterocycles. The van der Waals surface area contributed by atoms with Crippen LogP contribution in [0.4, 0.5) is 0 Å². The maximum atomic E-state index is 12.5. The van der Waals surface area contributed by atoms with E-state index in [1.165, 1.54) is 0 Å². The molecule has 0 spiro atoms. The number of hydrogen-bond acceptors (Lipinski definition) is 4. The van der Waals surface area contributed by atoms with Gasteiger partial charge in [-0.1, -0.05) is 13.8 Å². The Bertz CT molecular complexity index is 344. The lowest BCUT2D eigenvalue weighted by Crippen LogP contribution is -2.49. The van der Waals surface area contributed by atoms with Crippen molar-refractivity contribution in [3.63, 3.8) is 0 Å². The molecule has 1 fully saturated rings. The molecule has 0 aromatic heterocycles. The lowest BCUT2D eigenvalue weighted by atomic mass is 9.92. The Morgan fingerprint density at radius 3 is 2.62 bits per heavy atom. The molecule has 5 heteroatoms. The molecule has 0 aliphatic carbocycles. The Hall–Kier alpha value is -1.10. The summed E-state index contributed by atoms with van der Waals surface area (Å²) in [6, 6.07) is -0.399. The van der Waals surface area contributed by atoms with Crippen LogP contribution in [-0.2, 0) is 14.3 Å². The Morgan fingerprint density at radius 1 is 1.33 bits per heavy atom. The van der Waals surface area contributed by atoms with Crippen LogP contribution in [-0.4, -0.2) is 42.5 Å². The van der Waals surface area contributed by atoms with Crippen LogP contribution in [0.15, 0.2) is 0 Å². The van der Waals surface area contributed by atoms with E-state index in [0.717, 1.165) is 19.3 Å². The van der Waals surface area contributed by atoms with E-state index < -0.39 is 6.04 Å². The standard InChI is InChI=1S/C16H30N2O3/c1-4-21-16(20)14-7-5-6-8-18(14)15(19)10-13(11-17)9-12(2)3/h12-14H,4-11,17H2,1-3H3/t13-,14?/m0/s1. The Morgan fingerprint density at radius 2 is 2.05 bits per heavy atom. The van der Waals surface area contributed by atoms with Crippen LogP contribution in [0.2, 0.25) is 0 Å². The molecule has 1 aliphatic rings. The van der Waals surface area contributed by atoms with Crippen molar-refractivity contribution in [1.29, 1.82) is 0 Å². The maximum Gasteiger partial charge on any atom is 0.328 e. The number of carbonyl (C=O) groups excluding carboxylic acids is 2. The van der Waals surface area contributed by atoms with Crippen LogP contribution in [0, 0.1) is 11.8 Å². The predicted octanol–water partition coefficient (Wildman–Crippen LogP) is 1.94. The normalized spacial score (nSPS) is 20.4. The van der Waals surface area contributed by atoms with Gasteiger partial charge in [-0.05, 0) is 51.0 Å². The first-order chi connectivity index (χ1) is 9.99. The zero-order valence-electron chi connectivity index (χ0n) is 13.6. The monoisotopic (exact) mass is 298 g/mol. The summed E-state index contributed by atoms with van der Waals surface area (Å²) in [5, 5.41) is 0. The predicted molar refractivity (Wildman–Crippen MR) is 82.6 cm³/mol. The van der Waals surface area contributed by atoms with E-state index in [9.17, 15) is 9.59 Å². The number of piperidine rings is 1. The van der Waals surface area contributed by atoms with Crippen molar-refractivity contribution in [2.75, 3.05) is 19.7 Å². The van der Waals surface area contributed by atoms with Gasteiger partial charge in [0, 0.05) is 13.0 Å². The number of rotatable bonds is 7. The number of nitrogens with zero attached hydrogens (tertiary/aromatic N) is 1. The van der Waals surface area contributed by atoms with E-state index in [0.29, 0.717) is 38.5 Å². The zero-order chi connectivity index (χ0) is 15.8. The first-order valence-electron chi connectivity index (χ1n) is 8.15. The molecule has 1 saturated heterocycles. The fraction of sp³-hybridized carbons (Fsp3) is 0.875. The summed E-state index contributed by atoms with van der Waals surface area (Å²) in [6.45, 7) is 7.59. The van der Waals surface area contributed by atoms with E-state index in [-0.39, 0.29) is 17.8 Å². The van der Waals surface area contributed by atoms with E-state index in [2.05, 4.69) is 13.8 Å². The van der Waals surface area contributed by atoms with E-state index in [1.54, 1.807) is 11.8 Å². The molecule has 0 aromatic carbocycles. The van der Waals surface area contributed by atoms with Crippen molar-refractivity contribution in [3.05, 3.63) is 0 Å². The second kappa shape index (κ2) is 9.03. The van der Waals surface area contributed by atoms with Crippen molar-refractivity contribution in [2.45, 2.75) is 58.9 Å². The van der Waals surface area contributed by atoms with Gasteiger partial charge in [-0.25, -0.2) is 4.79 Å². The molecule has 122 valence electrons. The third kappa shape index (κ3) is 5.65. The molecule has 0 bridgehead atoms. The molecular formula is C16H30N2O3. The van der Waals surface area contributed by atoms with Gasteiger partial charge in [0.1, 0.15) is 6.04 Å². The zero-order valence-corrected chi connectivity index (χ0v) is 13.6. The van der Waals surface area contributed by atoms with Crippen LogP contribution in [0.25, 0.3) is 0 Å². The first kappa shape index (κ1) is 18.0. The molecule has 1 rings (SSSR count). The van der Waals surface area contributed by atoms with Gasteiger partial charge in [0.2, 0.25) is 5.91 Å². The highest BCUT2D eigenvalue weighted by atomic mass is 16.5. The summed E-state index contributed by atoms with van der Waals surface area (Å²) >= 11 is 0. The van der Waals surface area contributed by atoms with Crippen molar-refractivity contribution in [2.24, 2.45) is 17.6 Å². The summed E-state index contributed by atoms with van der Waals surface area (Å²) in [6.07, 6.45) is 4.02. The van der Waals surface area contributed by atoms with Gasteiger partial charge in [-0.3, -0.25) is 4.79 Å². The maximum absolute atomic E-state index is 12.5. The highest BCUT2D eigenvalue weighted by molar-refractivity contribution is 5.84. The molecule has 0 saturated carbocycles. The molecular weight excluding hydrogens is 268 g/mol. The van der Waals surface area contributed by atoms with Crippen molar-refractivity contribution in [1.82, 2.24) is 4.90 Å². The third-order valence-electron chi connectivity index (χ3n) is 3.98. The summed E-state index contributed by atoms with van der Waals surface area (Å²) in [5.41, 5.74) is 5.78. The smallest absolute Gasteiger partial charge is 0.328 e. The van der Waals surface area contributed by atoms with Gasteiger partial charge in [0.25, 0.3) is 0 Å². The minimum Gasteiger partial charge on any atom is -0.464 e. The number of ether oxygens (including phenoxy) is 1. The summed E-state index contributed by atoms with van der Waals surface area (Å²) in [4.78, 5) is 26.2. The van der Waals surface area contributed by atoms with Crippen molar-refractivity contribution in [3.8, 4) is 0 Å². The van der Waals surface area contributed by atoms with Gasteiger partial charge in [-0.15, -0.1) is 0 Å². The second-order valence-corrected chi connectivity index (χ2v) is 6.29. The van der Waals surface area contributed by atoms with Gasteiger partial charge in [0.05, 0.1) is 6.61 Å². The van der Waals surface area contributed by atoms with E-state index in [1.807, 2.05) is 0 Å². The Kier molecular flexibility index (Phi) is 7.72. The molecule has 2 atom stereocenters. The molecule has 5 nitrogen and oxygen atoms in total. The fourth-order valence-electron chi connectivity index (χ4n) is 3.01. The lowest BCUT2D eigenvalue weighted by molar-refractivity contribution is -0.157. The molecule has 0 radical (unpaired) electrons. The molecule has 21 heavy (non-hydrogen) atoms. The van der Waals surface area contributed by atoms with Crippen molar-refractivity contribution >= 4 is 11.9 Å². The number of esters is 1. The van der Waals surface area contributed by atoms with Crippen LogP contribution in [0.5, 0.6) is 0 Å². The third-order valence-corrected chi connectivity index (χ3v) is 3.98. The number of carbonyl (C=O) groups is 2. The van der Waals surface area contributed by atoms with E-state index in [4.69, 9.17) is 10.5 Å². The van der Waals surface area contributed by atoms with Gasteiger partial charge in [0.15, 0.2) is 0 Å². The fourth-order valence-corrected chi connectivity index (χ4v) is 3.01. The number of hydrogen-bond donors (Lipinski definition) is 1. The molecule has 1 aliphatic heterocycles.